The highest BCUT2D eigenvalue weighted by atomic mass is 16.1. The van der Waals surface area contributed by atoms with Crippen LogP contribution in [0.5, 0.6) is 0 Å². The summed E-state index contributed by atoms with van der Waals surface area (Å²) in [5.74, 6) is -0.546. The first kappa shape index (κ1) is 44.2. The quantitative estimate of drug-likeness (QED) is 0.0716. The molecule has 2 atom stereocenters. The van der Waals surface area contributed by atoms with E-state index in [4.69, 9.17) is 11.5 Å². The molecule has 0 aliphatic carbocycles. The topological polar surface area (TPSA) is 86.2 Å². The van der Waals surface area contributed by atoms with E-state index in [0.717, 1.165) is 49.7 Å². The Morgan fingerprint density at radius 3 is 0.771 bits per heavy atom. The minimum atomic E-state index is -0.701. The smallest absolute Gasteiger partial charge is 0.227 e. The van der Waals surface area contributed by atoms with E-state index in [-0.39, 0.29) is 11.8 Å². The molecule has 48 heavy (non-hydrogen) atoms. The second-order valence-electron chi connectivity index (χ2n) is 15.7. The van der Waals surface area contributed by atoms with Gasteiger partial charge in [0.2, 0.25) is 11.8 Å². The molecule has 0 fully saturated rings. The lowest BCUT2D eigenvalue weighted by Gasteiger charge is -2.30. The maximum absolute atomic E-state index is 12.7. The number of hydrogen-bond donors (Lipinski definition) is 2. The van der Waals surface area contributed by atoms with Crippen molar-refractivity contribution in [2.45, 2.75) is 231 Å². The van der Waals surface area contributed by atoms with E-state index in [1.165, 1.54) is 154 Å². The molecule has 0 aliphatic rings. The Balaban J connectivity index is 2.37. The van der Waals surface area contributed by atoms with Crippen LogP contribution in [0.4, 0.5) is 0 Å². The average Bonchev–Trinajstić information content (AvgIpc) is 3.08. The first-order valence-electron chi connectivity index (χ1n) is 20.9. The molecule has 0 spiro atoms. The van der Waals surface area contributed by atoms with Gasteiger partial charge in [0, 0.05) is 0 Å². The lowest BCUT2D eigenvalue weighted by Crippen LogP contribution is -2.40. The summed E-state index contributed by atoms with van der Waals surface area (Å²) in [5.41, 5.74) is 12.4. The van der Waals surface area contributed by atoms with Crippen LogP contribution in [0.2, 0.25) is 0 Å². The van der Waals surface area contributed by atoms with Crippen LogP contribution in [0, 0.1) is 0 Å². The Bertz CT molecular complexity index is 853. The molecule has 1 aromatic rings. The van der Waals surface area contributed by atoms with Crippen LogP contribution in [0.15, 0.2) is 24.3 Å². The molecule has 278 valence electrons. The summed E-state index contributed by atoms with van der Waals surface area (Å²) in [6, 6.07) is 8.04. The van der Waals surface area contributed by atoms with E-state index in [9.17, 15) is 9.59 Å². The number of primary amides is 2. The van der Waals surface area contributed by atoms with Crippen molar-refractivity contribution in [1.82, 2.24) is 0 Å². The predicted molar refractivity (Wildman–Crippen MR) is 209 cm³/mol. The summed E-state index contributed by atoms with van der Waals surface area (Å²) in [7, 11) is 0. The normalized spacial score (nSPS) is 14.1. The van der Waals surface area contributed by atoms with Gasteiger partial charge in [-0.15, -0.1) is 0 Å². The van der Waals surface area contributed by atoms with E-state index < -0.39 is 10.8 Å². The molecule has 0 aromatic heterocycles. The van der Waals surface area contributed by atoms with Crippen LogP contribution < -0.4 is 11.5 Å². The van der Waals surface area contributed by atoms with Crippen LogP contribution in [0.1, 0.15) is 231 Å². The van der Waals surface area contributed by atoms with Crippen molar-refractivity contribution < 1.29 is 9.59 Å². The molecule has 2 amide bonds. The van der Waals surface area contributed by atoms with Crippen molar-refractivity contribution in [3.05, 3.63) is 35.4 Å². The van der Waals surface area contributed by atoms with Gasteiger partial charge in [0.1, 0.15) is 0 Å². The van der Waals surface area contributed by atoms with E-state index in [2.05, 4.69) is 13.8 Å². The van der Waals surface area contributed by atoms with Gasteiger partial charge in [-0.2, -0.15) is 0 Å². The number of carbonyl (C=O) groups excluding carboxylic acids is 2. The second-order valence-corrected chi connectivity index (χ2v) is 15.7. The number of carbonyl (C=O) groups is 2. The van der Waals surface area contributed by atoms with Crippen molar-refractivity contribution in [3.8, 4) is 0 Å². The van der Waals surface area contributed by atoms with E-state index in [0.29, 0.717) is 0 Å². The van der Waals surface area contributed by atoms with Gasteiger partial charge >= 0.3 is 0 Å². The molecule has 1 aromatic carbocycles. The molecule has 0 saturated heterocycles. The standard InChI is InChI=1S/C44H80N2O2/c1-5-7-9-11-13-15-17-19-21-23-25-27-29-31-37-43(3,41(45)47)39-33-35-40(36-34-39)44(4,42(46)48)38-32-30-28-26-24-22-20-18-16-14-12-10-8-6-2/h33-36H,5-32,37-38H2,1-4H3,(H2,45,47)(H2,46,48). The van der Waals surface area contributed by atoms with E-state index in [1.807, 2.05) is 38.1 Å². The van der Waals surface area contributed by atoms with Crippen LogP contribution in [-0.4, -0.2) is 11.8 Å². The summed E-state index contributed by atoms with van der Waals surface area (Å²) in [5, 5.41) is 0. The number of amides is 2. The van der Waals surface area contributed by atoms with Crippen LogP contribution in [0.3, 0.4) is 0 Å². The molecule has 4 heteroatoms. The fourth-order valence-electron chi connectivity index (χ4n) is 7.37. The molecule has 0 heterocycles. The van der Waals surface area contributed by atoms with Gasteiger partial charge in [-0.1, -0.05) is 218 Å². The van der Waals surface area contributed by atoms with Crippen molar-refractivity contribution in [2.24, 2.45) is 11.5 Å². The minimum Gasteiger partial charge on any atom is -0.369 e. The molecule has 1 rings (SSSR count). The summed E-state index contributed by atoms with van der Waals surface area (Å²) < 4.78 is 0. The number of rotatable bonds is 34. The summed E-state index contributed by atoms with van der Waals surface area (Å²) in [6.07, 6.45) is 38.3. The molecular weight excluding hydrogens is 588 g/mol. The Labute approximate surface area is 298 Å². The lowest BCUT2D eigenvalue weighted by atomic mass is 9.74. The first-order valence-corrected chi connectivity index (χ1v) is 20.9. The Morgan fingerprint density at radius 1 is 0.396 bits per heavy atom. The highest BCUT2D eigenvalue weighted by Crippen LogP contribution is 2.34. The minimum absolute atomic E-state index is 0.273. The Morgan fingerprint density at radius 2 is 0.583 bits per heavy atom. The number of hydrogen-bond acceptors (Lipinski definition) is 2. The highest BCUT2D eigenvalue weighted by Gasteiger charge is 2.35. The SMILES string of the molecule is CCCCCCCCCCCCCCCCC(C)(C(N)=O)c1ccc(C(C)(CCCCCCCCCCCCCCCC)C(N)=O)cc1. The molecule has 4 nitrogen and oxygen atoms in total. The van der Waals surface area contributed by atoms with Crippen molar-refractivity contribution in [3.63, 3.8) is 0 Å². The van der Waals surface area contributed by atoms with Gasteiger partial charge in [0.25, 0.3) is 0 Å². The largest absolute Gasteiger partial charge is 0.369 e. The summed E-state index contributed by atoms with van der Waals surface area (Å²) in [6.45, 7) is 8.52. The zero-order valence-electron chi connectivity index (χ0n) is 32.5. The molecule has 0 bridgehead atoms. The fourth-order valence-corrected chi connectivity index (χ4v) is 7.37. The third kappa shape index (κ3) is 18.8. The molecule has 0 saturated carbocycles. The zero-order chi connectivity index (χ0) is 35.4. The Kier molecular flexibility index (Phi) is 25.7. The van der Waals surface area contributed by atoms with E-state index in [1.54, 1.807) is 0 Å². The summed E-state index contributed by atoms with van der Waals surface area (Å²) in [4.78, 5) is 25.4. The molecule has 2 unspecified atom stereocenters. The van der Waals surface area contributed by atoms with Crippen molar-refractivity contribution in [2.75, 3.05) is 0 Å². The average molecular weight is 669 g/mol. The van der Waals surface area contributed by atoms with Crippen LogP contribution in [0.25, 0.3) is 0 Å². The van der Waals surface area contributed by atoms with Gasteiger partial charge in [0.05, 0.1) is 10.8 Å². The van der Waals surface area contributed by atoms with Crippen LogP contribution in [-0.2, 0) is 20.4 Å². The van der Waals surface area contributed by atoms with Gasteiger partial charge in [-0.25, -0.2) is 0 Å². The van der Waals surface area contributed by atoms with Gasteiger partial charge in [-0.3, -0.25) is 9.59 Å². The highest BCUT2D eigenvalue weighted by molar-refractivity contribution is 5.87. The predicted octanol–water partition coefficient (Wildman–Crippen LogP) is 12.9. The van der Waals surface area contributed by atoms with Gasteiger partial charge < -0.3 is 11.5 Å². The summed E-state index contributed by atoms with van der Waals surface area (Å²) >= 11 is 0. The third-order valence-corrected chi connectivity index (χ3v) is 11.3. The number of nitrogens with two attached hydrogens (primary N) is 2. The van der Waals surface area contributed by atoms with Gasteiger partial charge in [-0.05, 0) is 37.8 Å². The fraction of sp³-hybridized carbons (Fsp3) is 0.818. The molecule has 0 aliphatic heterocycles. The second kappa shape index (κ2) is 27.9. The molecule has 0 radical (unpaired) electrons. The van der Waals surface area contributed by atoms with Crippen molar-refractivity contribution >= 4 is 11.8 Å². The van der Waals surface area contributed by atoms with Crippen molar-refractivity contribution in [1.29, 1.82) is 0 Å². The third-order valence-electron chi connectivity index (χ3n) is 11.3. The molecular formula is C44H80N2O2. The maximum Gasteiger partial charge on any atom is 0.227 e. The zero-order valence-corrected chi connectivity index (χ0v) is 32.5. The Hall–Kier alpha value is -1.84. The van der Waals surface area contributed by atoms with Crippen LogP contribution >= 0.6 is 0 Å². The maximum atomic E-state index is 12.7. The first-order chi connectivity index (χ1) is 23.2. The lowest BCUT2D eigenvalue weighted by molar-refractivity contribution is -0.124. The van der Waals surface area contributed by atoms with E-state index >= 15 is 0 Å². The molecule has 4 N–H and O–H groups in total. The van der Waals surface area contributed by atoms with Gasteiger partial charge in [0.15, 0.2) is 0 Å². The monoisotopic (exact) mass is 669 g/mol. The number of benzene rings is 1. The number of unbranched alkanes of at least 4 members (excludes halogenated alkanes) is 26.